The Morgan fingerprint density at radius 1 is 1.00 bits per heavy atom. The van der Waals surface area contributed by atoms with Crippen molar-refractivity contribution in [3.05, 3.63) is 77.7 Å². The predicted octanol–water partition coefficient (Wildman–Crippen LogP) is 4.66. The molecule has 0 unspecified atom stereocenters. The van der Waals surface area contributed by atoms with Gasteiger partial charge in [0.1, 0.15) is 5.52 Å². The van der Waals surface area contributed by atoms with Crippen LogP contribution in [-0.2, 0) is 9.53 Å². The number of hydrogen-bond acceptors (Lipinski definition) is 6. The van der Waals surface area contributed by atoms with Gasteiger partial charge in [0.15, 0.2) is 11.7 Å². The molecule has 5 rings (SSSR count). The van der Waals surface area contributed by atoms with Crippen molar-refractivity contribution in [2.75, 3.05) is 6.54 Å². The molecule has 0 fully saturated rings. The van der Waals surface area contributed by atoms with Crippen LogP contribution in [0.1, 0.15) is 52.5 Å². The molecule has 2 amide bonds. The smallest absolute Gasteiger partial charge is 0.306 e. The SMILES string of the molecule is C[C@@H](OC(=O)CCCN1C(=O)c2cccc3cccc(c23)C1=O)c1nc2ccccc2o1. The van der Waals surface area contributed by atoms with E-state index in [1.165, 1.54) is 4.90 Å². The number of oxazole rings is 1. The minimum absolute atomic E-state index is 0.0630. The zero-order valence-corrected chi connectivity index (χ0v) is 17.4. The van der Waals surface area contributed by atoms with E-state index in [2.05, 4.69) is 4.98 Å². The summed E-state index contributed by atoms with van der Waals surface area (Å²) in [4.78, 5) is 43.7. The average Bonchev–Trinajstić information content (AvgIpc) is 3.24. The fourth-order valence-electron chi connectivity index (χ4n) is 4.04. The summed E-state index contributed by atoms with van der Waals surface area (Å²) in [7, 11) is 0. The fourth-order valence-corrected chi connectivity index (χ4v) is 4.04. The Labute approximate surface area is 183 Å². The number of para-hydroxylation sites is 2. The van der Waals surface area contributed by atoms with E-state index in [9.17, 15) is 14.4 Å². The maximum Gasteiger partial charge on any atom is 0.306 e. The van der Waals surface area contributed by atoms with Gasteiger partial charge in [-0.3, -0.25) is 19.3 Å². The molecule has 2 heterocycles. The van der Waals surface area contributed by atoms with E-state index in [0.29, 0.717) is 39.9 Å². The molecule has 4 aromatic rings. The Morgan fingerprint density at radius 2 is 1.69 bits per heavy atom. The molecule has 1 aliphatic heterocycles. The van der Waals surface area contributed by atoms with Crippen LogP contribution in [0.5, 0.6) is 0 Å². The lowest BCUT2D eigenvalue weighted by atomic mass is 9.94. The summed E-state index contributed by atoms with van der Waals surface area (Å²) in [5.74, 6) is -0.801. The van der Waals surface area contributed by atoms with E-state index in [1.807, 2.05) is 30.3 Å². The normalized spacial score (nSPS) is 14.2. The zero-order valence-electron chi connectivity index (χ0n) is 17.4. The number of aromatic nitrogens is 1. The quantitative estimate of drug-likeness (QED) is 0.328. The number of benzene rings is 3. The molecule has 32 heavy (non-hydrogen) atoms. The molecule has 7 nitrogen and oxygen atoms in total. The van der Waals surface area contributed by atoms with E-state index in [4.69, 9.17) is 9.15 Å². The van der Waals surface area contributed by atoms with Crippen LogP contribution in [0, 0.1) is 0 Å². The number of imide groups is 1. The number of hydrogen-bond donors (Lipinski definition) is 0. The van der Waals surface area contributed by atoms with E-state index in [1.54, 1.807) is 37.3 Å². The van der Waals surface area contributed by atoms with Crippen LogP contribution in [0.15, 0.2) is 65.1 Å². The summed E-state index contributed by atoms with van der Waals surface area (Å²) in [5.41, 5.74) is 2.33. The van der Waals surface area contributed by atoms with Crippen LogP contribution in [-0.4, -0.2) is 34.2 Å². The monoisotopic (exact) mass is 428 g/mol. The summed E-state index contributed by atoms with van der Waals surface area (Å²) < 4.78 is 11.1. The second-order valence-electron chi connectivity index (χ2n) is 7.73. The van der Waals surface area contributed by atoms with Gasteiger partial charge in [-0.05, 0) is 43.0 Å². The molecule has 1 atom stereocenters. The summed E-state index contributed by atoms with van der Waals surface area (Å²) in [6.07, 6.45) is -0.278. The summed E-state index contributed by atoms with van der Waals surface area (Å²) in [6, 6.07) is 18.1. The van der Waals surface area contributed by atoms with Gasteiger partial charge in [0, 0.05) is 29.5 Å². The third-order valence-electron chi connectivity index (χ3n) is 5.58. The molecule has 0 aliphatic carbocycles. The molecule has 0 radical (unpaired) electrons. The van der Waals surface area contributed by atoms with Gasteiger partial charge in [0.25, 0.3) is 11.8 Å². The van der Waals surface area contributed by atoms with Crippen molar-refractivity contribution in [1.29, 1.82) is 0 Å². The topological polar surface area (TPSA) is 89.7 Å². The highest BCUT2D eigenvalue weighted by Gasteiger charge is 2.32. The Bertz CT molecular complexity index is 1290. The van der Waals surface area contributed by atoms with Crippen molar-refractivity contribution in [3.63, 3.8) is 0 Å². The Kier molecular flexibility index (Phi) is 4.93. The summed E-state index contributed by atoms with van der Waals surface area (Å²) in [6.45, 7) is 1.83. The molecule has 0 spiro atoms. The molecule has 1 aromatic heterocycles. The van der Waals surface area contributed by atoms with E-state index in [0.717, 1.165) is 5.39 Å². The standard InChI is InChI=1S/C25H20N2O5/c1-15(23-26-19-11-2-3-12-20(19)32-23)31-21(28)13-6-14-27-24(29)17-9-4-7-16-8-5-10-18(22(16)17)25(27)30/h2-5,7-12,15H,6,13-14H2,1H3/t15-/m1/s1. The third-order valence-corrected chi connectivity index (χ3v) is 5.58. The van der Waals surface area contributed by atoms with Gasteiger partial charge in [-0.1, -0.05) is 36.4 Å². The van der Waals surface area contributed by atoms with Gasteiger partial charge in [0.05, 0.1) is 0 Å². The third kappa shape index (κ3) is 3.41. The predicted molar refractivity (Wildman–Crippen MR) is 117 cm³/mol. The fraction of sp³-hybridized carbons (Fsp3) is 0.200. The minimum atomic E-state index is -0.641. The van der Waals surface area contributed by atoms with Gasteiger partial charge in [-0.15, -0.1) is 0 Å². The van der Waals surface area contributed by atoms with Gasteiger partial charge < -0.3 is 9.15 Å². The number of ether oxygens (including phenoxy) is 1. The lowest BCUT2D eigenvalue weighted by Crippen LogP contribution is -2.41. The van der Waals surface area contributed by atoms with Crippen molar-refractivity contribution in [1.82, 2.24) is 9.88 Å². The van der Waals surface area contributed by atoms with Crippen molar-refractivity contribution in [2.45, 2.75) is 25.9 Å². The maximum atomic E-state index is 12.9. The molecule has 0 bridgehead atoms. The lowest BCUT2D eigenvalue weighted by Gasteiger charge is -2.27. The highest BCUT2D eigenvalue weighted by molar-refractivity contribution is 6.25. The number of esters is 1. The van der Waals surface area contributed by atoms with Gasteiger partial charge >= 0.3 is 5.97 Å². The largest absolute Gasteiger partial charge is 0.453 e. The first-order valence-electron chi connectivity index (χ1n) is 10.5. The zero-order chi connectivity index (χ0) is 22.2. The van der Waals surface area contributed by atoms with Crippen LogP contribution < -0.4 is 0 Å². The van der Waals surface area contributed by atoms with Gasteiger partial charge in [-0.25, -0.2) is 4.98 Å². The van der Waals surface area contributed by atoms with Crippen molar-refractivity contribution in [3.8, 4) is 0 Å². The van der Waals surface area contributed by atoms with Crippen LogP contribution >= 0.6 is 0 Å². The van der Waals surface area contributed by atoms with Crippen molar-refractivity contribution < 1.29 is 23.5 Å². The number of rotatable bonds is 6. The summed E-state index contributed by atoms with van der Waals surface area (Å²) >= 11 is 0. The highest BCUT2D eigenvalue weighted by atomic mass is 16.6. The molecular formula is C25H20N2O5. The first-order valence-corrected chi connectivity index (χ1v) is 10.5. The molecule has 7 heteroatoms. The van der Waals surface area contributed by atoms with E-state index in [-0.39, 0.29) is 24.8 Å². The van der Waals surface area contributed by atoms with Crippen molar-refractivity contribution >= 4 is 39.7 Å². The molecule has 0 saturated carbocycles. The second-order valence-corrected chi connectivity index (χ2v) is 7.73. The van der Waals surface area contributed by atoms with Gasteiger partial charge in [-0.2, -0.15) is 0 Å². The number of carbonyl (C=O) groups excluding carboxylic acids is 3. The molecule has 0 N–H and O–H groups in total. The number of amides is 2. The average molecular weight is 428 g/mol. The minimum Gasteiger partial charge on any atom is -0.453 e. The Balaban J connectivity index is 1.22. The van der Waals surface area contributed by atoms with E-state index >= 15 is 0 Å². The number of nitrogens with zero attached hydrogens (tertiary/aromatic N) is 2. The van der Waals surface area contributed by atoms with Crippen LogP contribution in [0.2, 0.25) is 0 Å². The Morgan fingerprint density at radius 3 is 2.38 bits per heavy atom. The second kappa shape index (κ2) is 7.92. The number of carbonyl (C=O) groups is 3. The summed E-state index contributed by atoms with van der Waals surface area (Å²) in [5, 5.41) is 1.55. The highest BCUT2D eigenvalue weighted by Crippen LogP contribution is 2.30. The van der Waals surface area contributed by atoms with Crippen LogP contribution in [0.3, 0.4) is 0 Å². The Hall–Kier alpha value is -4.00. The molecule has 160 valence electrons. The molecule has 0 saturated heterocycles. The number of fused-ring (bicyclic) bond motifs is 1. The molecule has 3 aromatic carbocycles. The first kappa shape index (κ1) is 19.9. The maximum absolute atomic E-state index is 12.9. The first-order chi connectivity index (χ1) is 15.5. The molecular weight excluding hydrogens is 408 g/mol. The lowest BCUT2D eigenvalue weighted by molar-refractivity contribution is -0.149. The van der Waals surface area contributed by atoms with Crippen molar-refractivity contribution in [2.24, 2.45) is 0 Å². The van der Waals surface area contributed by atoms with Crippen LogP contribution in [0.25, 0.3) is 21.9 Å². The molecule has 1 aliphatic rings. The van der Waals surface area contributed by atoms with Crippen LogP contribution in [0.4, 0.5) is 0 Å². The van der Waals surface area contributed by atoms with E-state index < -0.39 is 12.1 Å². The van der Waals surface area contributed by atoms with Gasteiger partial charge in [0.2, 0.25) is 5.89 Å².